The van der Waals surface area contributed by atoms with E-state index in [1.807, 2.05) is 19.1 Å². The lowest BCUT2D eigenvalue weighted by atomic mass is 9.85. The minimum Gasteiger partial charge on any atom is -0.462 e. The monoisotopic (exact) mass is 332 g/mol. The van der Waals surface area contributed by atoms with Crippen LogP contribution in [0.3, 0.4) is 0 Å². The molecule has 2 heterocycles. The van der Waals surface area contributed by atoms with Crippen molar-refractivity contribution >= 4 is 5.97 Å². The van der Waals surface area contributed by atoms with E-state index in [1.54, 1.807) is 6.08 Å². The van der Waals surface area contributed by atoms with E-state index in [1.165, 1.54) is 0 Å². The Bertz CT molecular complexity index is 522. The fourth-order valence-electron chi connectivity index (χ4n) is 3.84. The molecule has 1 saturated carbocycles. The van der Waals surface area contributed by atoms with Gasteiger partial charge in [0, 0.05) is 18.3 Å². The van der Waals surface area contributed by atoms with Gasteiger partial charge in [-0.25, -0.2) is 0 Å². The number of aliphatic hydroxyl groups excluding tert-OH is 1. The topological polar surface area (TPSA) is 59.1 Å². The summed E-state index contributed by atoms with van der Waals surface area (Å²) < 4.78 is 11.3. The molecule has 0 spiro atoms. The smallest absolute Gasteiger partial charge is 0.306 e. The summed E-state index contributed by atoms with van der Waals surface area (Å²) in [6, 6.07) is 0. The number of allylic oxidation sites excluding steroid dienone is 4. The van der Waals surface area contributed by atoms with Gasteiger partial charge < -0.3 is 14.6 Å². The van der Waals surface area contributed by atoms with Gasteiger partial charge in [0.1, 0.15) is 6.10 Å². The third kappa shape index (κ3) is 4.37. The standard InChI is InChI=1S/C20H28O4/c1-2-14(21)9-6-4-3-5-7-10-15-16(13-18-20(15)24-18)17-11-8-12-19(22)23-17/h3-4,6-7,9-10,14-18,20-21H,2,5,8,11-13H2,1H3/b4-3-,9-6+,10-7+/t14-,15+,16-,17-,18-,20+/m0/s1. The van der Waals surface area contributed by atoms with Crippen LogP contribution in [0.15, 0.2) is 36.5 Å². The summed E-state index contributed by atoms with van der Waals surface area (Å²) in [7, 11) is 0. The summed E-state index contributed by atoms with van der Waals surface area (Å²) in [5.74, 6) is 0.744. The molecule has 4 heteroatoms. The first kappa shape index (κ1) is 17.4. The molecule has 3 rings (SSSR count). The Morgan fingerprint density at radius 1 is 1.29 bits per heavy atom. The van der Waals surface area contributed by atoms with Crippen molar-refractivity contribution in [2.75, 3.05) is 0 Å². The fourth-order valence-corrected chi connectivity index (χ4v) is 3.84. The number of carbonyl (C=O) groups is 1. The van der Waals surface area contributed by atoms with Crippen LogP contribution in [0.4, 0.5) is 0 Å². The fraction of sp³-hybridized carbons (Fsp3) is 0.650. The van der Waals surface area contributed by atoms with Crippen molar-refractivity contribution in [1.29, 1.82) is 0 Å². The van der Waals surface area contributed by atoms with Gasteiger partial charge >= 0.3 is 5.97 Å². The molecule has 0 unspecified atom stereocenters. The molecule has 2 aliphatic heterocycles. The molecule has 4 nitrogen and oxygen atoms in total. The van der Waals surface area contributed by atoms with Gasteiger partial charge in [0.05, 0.1) is 18.3 Å². The number of ether oxygens (including phenoxy) is 2. The lowest BCUT2D eigenvalue weighted by Crippen LogP contribution is -2.34. The Balaban J connectivity index is 1.48. The first-order valence-electron chi connectivity index (χ1n) is 9.22. The van der Waals surface area contributed by atoms with Crippen molar-refractivity contribution in [3.05, 3.63) is 36.5 Å². The maximum absolute atomic E-state index is 11.6. The molecule has 0 aromatic heterocycles. The number of hydrogen-bond acceptors (Lipinski definition) is 4. The van der Waals surface area contributed by atoms with E-state index in [2.05, 4.69) is 18.2 Å². The Kier molecular flexibility index (Phi) is 5.90. The van der Waals surface area contributed by atoms with Crippen LogP contribution in [0.5, 0.6) is 0 Å². The van der Waals surface area contributed by atoms with E-state index in [4.69, 9.17) is 9.47 Å². The highest BCUT2D eigenvalue weighted by Gasteiger charge is 2.57. The Labute approximate surface area is 144 Å². The van der Waals surface area contributed by atoms with Gasteiger partial charge in [-0.15, -0.1) is 0 Å². The number of esters is 1. The highest BCUT2D eigenvalue weighted by atomic mass is 16.6. The zero-order valence-electron chi connectivity index (χ0n) is 14.3. The minimum absolute atomic E-state index is 0.0422. The first-order chi connectivity index (χ1) is 11.7. The van der Waals surface area contributed by atoms with Gasteiger partial charge in [-0.3, -0.25) is 4.79 Å². The SMILES string of the molecule is CC[C@H](O)/C=C/C=C\C/C=C/[C@@H]1[C@@H]([C@@H]2CCCC(=O)O2)C[C@@H]2O[C@H]12. The van der Waals surface area contributed by atoms with E-state index in [0.717, 1.165) is 32.1 Å². The summed E-state index contributed by atoms with van der Waals surface area (Å²) in [5.41, 5.74) is 0. The Hall–Kier alpha value is -1.39. The van der Waals surface area contributed by atoms with E-state index in [0.29, 0.717) is 30.5 Å². The number of rotatable bonds is 7. The first-order valence-corrected chi connectivity index (χ1v) is 9.22. The van der Waals surface area contributed by atoms with Gasteiger partial charge in [-0.1, -0.05) is 43.4 Å². The molecule has 0 aromatic carbocycles. The summed E-state index contributed by atoms with van der Waals surface area (Å²) in [6.07, 6.45) is 17.7. The van der Waals surface area contributed by atoms with Gasteiger partial charge in [0.15, 0.2) is 0 Å². The zero-order valence-corrected chi connectivity index (χ0v) is 14.3. The predicted octanol–water partition coefficient (Wildman–Crippen LogP) is 3.32. The molecular formula is C20H28O4. The van der Waals surface area contributed by atoms with Crippen LogP contribution in [0.2, 0.25) is 0 Å². The molecule has 0 aromatic rings. The van der Waals surface area contributed by atoms with Gasteiger partial charge in [0.2, 0.25) is 0 Å². The molecule has 132 valence electrons. The molecule has 0 bridgehead atoms. The number of carbonyl (C=O) groups excluding carboxylic acids is 1. The van der Waals surface area contributed by atoms with E-state index < -0.39 is 0 Å². The van der Waals surface area contributed by atoms with Crippen molar-refractivity contribution in [3.8, 4) is 0 Å². The number of epoxide rings is 1. The van der Waals surface area contributed by atoms with Gasteiger partial charge in [-0.2, -0.15) is 0 Å². The van der Waals surface area contributed by atoms with Gasteiger partial charge in [0.25, 0.3) is 0 Å². The summed E-state index contributed by atoms with van der Waals surface area (Å²) >= 11 is 0. The second kappa shape index (κ2) is 8.13. The molecule has 1 aliphatic carbocycles. The number of aliphatic hydroxyl groups is 1. The quantitative estimate of drug-likeness (QED) is 0.336. The molecule has 24 heavy (non-hydrogen) atoms. The average Bonchev–Trinajstić information content (AvgIpc) is 3.27. The van der Waals surface area contributed by atoms with E-state index in [-0.39, 0.29) is 18.2 Å². The molecule has 0 amide bonds. The number of hydrogen-bond donors (Lipinski definition) is 1. The normalized spacial score (nSPS) is 37.2. The summed E-state index contributed by atoms with van der Waals surface area (Å²) in [5, 5.41) is 9.43. The maximum atomic E-state index is 11.6. The third-order valence-corrected chi connectivity index (χ3v) is 5.26. The predicted molar refractivity (Wildman–Crippen MR) is 92.3 cm³/mol. The molecule has 6 atom stereocenters. The Morgan fingerprint density at radius 2 is 2.17 bits per heavy atom. The highest BCUT2D eigenvalue weighted by molar-refractivity contribution is 5.70. The number of cyclic esters (lactones) is 1. The summed E-state index contributed by atoms with van der Waals surface area (Å²) in [4.78, 5) is 11.6. The van der Waals surface area contributed by atoms with Gasteiger partial charge in [-0.05, 0) is 32.1 Å². The lowest BCUT2D eigenvalue weighted by molar-refractivity contribution is -0.158. The average molecular weight is 332 g/mol. The molecule has 1 N–H and O–H groups in total. The second-order valence-electron chi connectivity index (χ2n) is 6.99. The molecular weight excluding hydrogens is 304 g/mol. The lowest BCUT2D eigenvalue weighted by Gasteiger charge is -2.31. The third-order valence-electron chi connectivity index (χ3n) is 5.26. The van der Waals surface area contributed by atoms with Crippen molar-refractivity contribution in [2.45, 2.75) is 69.9 Å². The molecule has 3 aliphatic rings. The highest BCUT2D eigenvalue weighted by Crippen LogP contribution is 2.50. The van der Waals surface area contributed by atoms with E-state index in [9.17, 15) is 9.90 Å². The maximum Gasteiger partial charge on any atom is 0.306 e. The van der Waals surface area contributed by atoms with Crippen LogP contribution < -0.4 is 0 Å². The van der Waals surface area contributed by atoms with Crippen molar-refractivity contribution in [1.82, 2.24) is 0 Å². The van der Waals surface area contributed by atoms with E-state index >= 15 is 0 Å². The zero-order chi connectivity index (χ0) is 16.9. The van der Waals surface area contributed by atoms with Crippen LogP contribution in [0.25, 0.3) is 0 Å². The Morgan fingerprint density at radius 3 is 2.96 bits per heavy atom. The minimum atomic E-state index is -0.355. The van der Waals surface area contributed by atoms with Crippen LogP contribution in [0, 0.1) is 11.8 Å². The largest absolute Gasteiger partial charge is 0.462 e. The molecule has 2 saturated heterocycles. The van der Waals surface area contributed by atoms with Crippen LogP contribution >= 0.6 is 0 Å². The van der Waals surface area contributed by atoms with Crippen molar-refractivity contribution < 1.29 is 19.4 Å². The van der Waals surface area contributed by atoms with Crippen molar-refractivity contribution in [2.24, 2.45) is 11.8 Å². The summed E-state index contributed by atoms with van der Waals surface area (Å²) in [6.45, 7) is 1.95. The number of fused-ring (bicyclic) bond motifs is 1. The molecule has 3 fully saturated rings. The van der Waals surface area contributed by atoms with Crippen LogP contribution in [0.1, 0.15) is 45.4 Å². The van der Waals surface area contributed by atoms with Crippen LogP contribution in [-0.4, -0.2) is 35.5 Å². The van der Waals surface area contributed by atoms with Crippen molar-refractivity contribution in [3.63, 3.8) is 0 Å². The van der Waals surface area contributed by atoms with Crippen LogP contribution in [-0.2, 0) is 14.3 Å². The second-order valence-corrected chi connectivity index (χ2v) is 6.99. The molecule has 0 radical (unpaired) electrons.